The van der Waals surface area contributed by atoms with E-state index in [2.05, 4.69) is 10.0 Å². The van der Waals surface area contributed by atoms with Gasteiger partial charge in [-0.25, -0.2) is 12.8 Å². The summed E-state index contributed by atoms with van der Waals surface area (Å²) in [6, 6.07) is 1.04. The minimum Gasteiger partial charge on any atom is -0.398 e. The fraction of sp³-hybridized carbons (Fsp3) is 0.364. The van der Waals surface area contributed by atoms with E-state index in [1.54, 1.807) is 0 Å². The van der Waals surface area contributed by atoms with E-state index in [4.69, 9.17) is 5.73 Å². The van der Waals surface area contributed by atoms with Crippen molar-refractivity contribution in [2.24, 2.45) is 0 Å². The van der Waals surface area contributed by atoms with Gasteiger partial charge < -0.3 is 11.1 Å². The van der Waals surface area contributed by atoms with Gasteiger partial charge in [0.25, 0.3) is 0 Å². The summed E-state index contributed by atoms with van der Waals surface area (Å²) in [5.41, 5.74) is 5.74. The molecule has 0 aromatic heterocycles. The molecule has 19 heavy (non-hydrogen) atoms. The predicted molar refractivity (Wildman–Crippen MR) is 69.4 cm³/mol. The van der Waals surface area contributed by atoms with Gasteiger partial charge in [-0.15, -0.1) is 0 Å². The van der Waals surface area contributed by atoms with Crippen LogP contribution in [0.4, 0.5) is 10.1 Å². The zero-order chi connectivity index (χ0) is 14.8. The van der Waals surface area contributed by atoms with Crippen LogP contribution < -0.4 is 15.8 Å². The molecule has 0 spiro atoms. The Morgan fingerprint density at radius 1 is 1.42 bits per heavy atom. The summed E-state index contributed by atoms with van der Waals surface area (Å²) < 4.78 is 39.5. The van der Waals surface area contributed by atoms with Crippen LogP contribution in [0, 0.1) is 12.7 Å². The van der Waals surface area contributed by atoms with E-state index in [9.17, 15) is 17.6 Å². The number of nitrogen functional groups attached to an aromatic ring is 1. The van der Waals surface area contributed by atoms with Crippen molar-refractivity contribution in [2.75, 3.05) is 12.8 Å². The molecule has 0 saturated heterocycles. The summed E-state index contributed by atoms with van der Waals surface area (Å²) in [6.45, 7) is 2.83. The summed E-state index contributed by atoms with van der Waals surface area (Å²) in [7, 11) is -2.62. The van der Waals surface area contributed by atoms with Crippen molar-refractivity contribution in [3.8, 4) is 0 Å². The zero-order valence-corrected chi connectivity index (χ0v) is 11.6. The molecule has 0 aliphatic rings. The molecule has 0 radical (unpaired) electrons. The minimum absolute atomic E-state index is 0.0352. The lowest BCUT2D eigenvalue weighted by Crippen LogP contribution is -2.43. The number of amides is 1. The molecule has 0 saturated carbocycles. The maximum absolute atomic E-state index is 13.5. The molecule has 1 rings (SSSR count). The standard InChI is InChI=1S/C11H16FN3O3S/c1-6-9(12)4-8(5-10(6)13)19(17,18)15-7(2)11(16)14-3/h4-5,7,15H,13H2,1-3H3,(H,14,16). The molecule has 0 aliphatic carbocycles. The normalized spacial score (nSPS) is 13.1. The average molecular weight is 289 g/mol. The first-order valence-electron chi connectivity index (χ1n) is 5.48. The summed E-state index contributed by atoms with van der Waals surface area (Å²) in [5.74, 6) is -1.21. The molecule has 1 aromatic rings. The topological polar surface area (TPSA) is 101 Å². The molecule has 0 fully saturated rings. The van der Waals surface area contributed by atoms with Crippen LogP contribution in [0.15, 0.2) is 17.0 Å². The van der Waals surface area contributed by atoms with Gasteiger partial charge in [0.2, 0.25) is 15.9 Å². The van der Waals surface area contributed by atoms with Gasteiger partial charge in [0, 0.05) is 18.3 Å². The monoisotopic (exact) mass is 289 g/mol. The average Bonchev–Trinajstić information content (AvgIpc) is 2.33. The van der Waals surface area contributed by atoms with Gasteiger partial charge in [-0.1, -0.05) is 0 Å². The molecule has 1 amide bonds. The van der Waals surface area contributed by atoms with E-state index >= 15 is 0 Å². The Bertz CT molecular complexity index is 578. The number of hydrogen-bond acceptors (Lipinski definition) is 4. The molecule has 1 aromatic carbocycles. The Kier molecular flexibility index (Phi) is 4.48. The maximum atomic E-state index is 13.5. The van der Waals surface area contributed by atoms with Crippen molar-refractivity contribution in [3.05, 3.63) is 23.5 Å². The number of carbonyl (C=O) groups is 1. The van der Waals surface area contributed by atoms with E-state index in [0.717, 1.165) is 12.1 Å². The van der Waals surface area contributed by atoms with Crippen molar-refractivity contribution in [2.45, 2.75) is 24.8 Å². The van der Waals surface area contributed by atoms with Crippen molar-refractivity contribution >= 4 is 21.6 Å². The van der Waals surface area contributed by atoms with Crippen LogP contribution in [0.1, 0.15) is 12.5 Å². The highest BCUT2D eigenvalue weighted by atomic mass is 32.2. The van der Waals surface area contributed by atoms with Crippen LogP contribution in [0.25, 0.3) is 0 Å². The van der Waals surface area contributed by atoms with Crippen LogP contribution in [0.5, 0.6) is 0 Å². The number of rotatable bonds is 4. The Morgan fingerprint density at radius 3 is 2.47 bits per heavy atom. The third kappa shape index (κ3) is 3.42. The molecular weight excluding hydrogens is 273 g/mol. The molecule has 4 N–H and O–H groups in total. The van der Waals surface area contributed by atoms with Gasteiger partial charge in [-0.2, -0.15) is 4.72 Å². The number of nitrogens with one attached hydrogen (secondary N) is 2. The lowest BCUT2D eigenvalue weighted by Gasteiger charge is -2.13. The molecule has 1 atom stereocenters. The Labute approximate surface area is 111 Å². The quantitative estimate of drug-likeness (QED) is 0.686. The number of carbonyl (C=O) groups excluding carboxylic acids is 1. The van der Waals surface area contributed by atoms with Crippen LogP contribution in [-0.2, 0) is 14.8 Å². The fourth-order valence-electron chi connectivity index (χ4n) is 1.40. The van der Waals surface area contributed by atoms with E-state index < -0.39 is 27.8 Å². The second-order valence-electron chi connectivity index (χ2n) is 4.08. The highest BCUT2D eigenvalue weighted by Crippen LogP contribution is 2.20. The first kappa shape index (κ1) is 15.4. The van der Waals surface area contributed by atoms with Crippen molar-refractivity contribution in [3.63, 3.8) is 0 Å². The van der Waals surface area contributed by atoms with Gasteiger partial charge >= 0.3 is 0 Å². The van der Waals surface area contributed by atoms with Crippen LogP contribution >= 0.6 is 0 Å². The number of halogens is 1. The summed E-state index contributed by atoms with van der Waals surface area (Å²) in [4.78, 5) is 11.0. The minimum atomic E-state index is -4.01. The third-order valence-corrected chi connectivity index (χ3v) is 4.16. The SMILES string of the molecule is CNC(=O)C(C)NS(=O)(=O)c1cc(N)c(C)c(F)c1. The predicted octanol–water partition coefficient (Wildman–Crippen LogP) is 0.129. The molecule has 0 aliphatic heterocycles. The number of hydrogen-bond donors (Lipinski definition) is 3. The molecule has 0 bridgehead atoms. The van der Waals surface area contributed by atoms with Crippen molar-refractivity contribution in [1.82, 2.24) is 10.0 Å². The number of nitrogens with two attached hydrogens (primary N) is 1. The van der Waals surface area contributed by atoms with Gasteiger partial charge in [0.05, 0.1) is 10.9 Å². The molecule has 8 heteroatoms. The second-order valence-corrected chi connectivity index (χ2v) is 5.79. The molecule has 106 valence electrons. The largest absolute Gasteiger partial charge is 0.398 e. The third-order valence-electron chi connectivity index (χ3n) is 2.64. The number of benzene rings is 1. The molecular formula is C11H16FN3O3S. The Hall–Kier alpha value is -1.67. The van der Waals surface area contributed by atoms with E-state index in [0.29, 0.717) is 0 Å². The smallest absolute Gasteiger partial charge is 0.241 e. The first-order chi connectivity index (χ1) is 8.69. The van der Waals surface area contributed by atoms with Gasteiger partial charge in [0.1, 0.15) is 5.82 Å². The second kappa shape index (κ2) is 5.54. The van der Waals surface area contributed by atoms with Crippen LogP contribution in [0.2, 0.25) is 0 Å². The van der Waals surface area contributed by atoms with Gasteiger partial charge in [-0.3, -0.25) is 4.79 Å². The Morgan fingerprint density at radius 2 is 2.00 bits per heavy atom. The summed E-state index contributed by atoms with van der Waals surface area (Å²) in [6.07, 6.45) is 0. The lowest BCUT2D eigenvalue weighted by atomic mass is 10.2. The number of anilines is 1. The van der Waals surface area contributed by atoms with E-state index in [1.807, 2.05) is 0 Å². The number of sulfonamides is 1. The van der Waals surface area contributed by atoms with Crippen molar-refractivity contribution < 1.29 is 17.6 Å². The van der Waals surface area contributed by atoms with Crippen LogP contribution in [0.3, 0.4) is 0 Å². The summed E-state index contributed by atoms with van der Waals surface area (Å²) >= 11 is 0. The van der Waals surface area contributed by atoms with E-state index in [1.165, 1.54) is 20.9 Å². The molecule has 0 heterocycles. The number of likely N-dealkylation sites (N-methyl/N-ethyl adjacent to an activating group) is 1. The Balaban J connectivity index is 3.11. The highest BCUT2D eigenvalue weighted by molar-refractivity contribution is 7.89. The molecule has 6 nitrogen and oxygen atoms in total. The highest BCUT2D eigenvalue weighted by Gasteiger charge is 2.22. The summed E-state index contributed by atoms with van der Waals surface area (Å²) in [5, 5.41) is 2.31. The maximum Gasteiger partial charge on any atom is 0.241 e. The van der Waals surface area contributed by atoms with Crippen molar-refractivity contribution in [1.29, 1.82) is 0 Å². The first-order valence-corrected chi connectivity index (χ1v) is 6.97. The lowest BCUT2D eigenvalue weighted by molar-refractivity contribution is -0.121. The van der Waals surface area contributed by atoms with E-state index in [-0.39, 0.29) is 16.1 Å². The van der Waals surface area contributed by atoms with Gasteiger partial charge in [-0.05, 0) is 26.0 Å². The fourth-order valence-corrected chi connectivity index (χ4v) is 2.65. The zero-order valence-electron chi connectivity index (χ0n) is 10.8. The van der Waals surface area contributed by atoms with Gasteiger partial charge in [0.15, 0.2) is 0 Å². The van der Waals surface area contributed by atoms with Crippen LogP contribution in [-0.4, -0.2) is 27.4 Å². The molecule has 1 unspecified atom stereocenters.